The fraction of sp³-hybridized carbons (Fsp3) is 0.778. The molecule has 0 aromatic rings. The van der Waals surface area contributed by atoms with Gasteiger partial charge in [0.05, 0.1) is 13.2 Å². The largest absolute Gasteiger partial charge is 0.496 e. The number of allylic oxidation sites excluding steroid dienone is 1. The van der Waals surface area contributed by atoms with Gasteiger partial charge >= 0.3 is 0 Å². The first kappa shape index (κ1) is 11.0. The van der Waals surface area contributed by atoms with Gasteiger partial charge in [-0.2, -0.15) is 0 Å². The molecular formula is C9H18NO2P. The second-order valence-corrected chi connectivity index (χ2v) is 3.71. The first-order valence-corrected chi connectivity index (χ1v) is 5.19. The fourth-order valence-corrected chi connectivity index (χ4v) is 1.67. The average molecular weight is 203 g/mol. The molecule has 0 saturated carbocycles. The molecule has 1 rings (SSSR count). The van der Waals surface area contributed by atoms with Gasteiger partial charge in [-0.05, 0) is 19.9 Å². The Hall–Kier alpha value is -0.110. The zero-order valence-electron chi connectivity index (χ0n) is 8.32. The Bertz CT molecular complexity index is 184. The van der Waals surface area contributed by atoms with Gasteiger partial charge in [0.2, 0.25) is 0 Å². The maximum atomic E-state index is 5.61. The quantitative estimate of drug-likeness (QED) is 0.511. The van der Waals surface area contributed by atoms with E-state index < -0.39 is 0 Å². The van der Waals surface area contributed by atoms with E-state index >= 15 is 0 Å². The number of rotatable bonds is 3. The summed E-state index contributed by atoms with van der Waals surface area (Å²) in [4.78, 5) is 0. The highest BCUT2D eigenvalue weighted by molar-refractivity contribution is 7.13. The van der Waals surface area contributed by atoms with Crippen molar-refractivity contribution in [2.24, 2.45) is 0 Å². The molecule has 13 heavy (non-hydrogen) atoms. The van der Waals surface area contributed by atoms with Crippen molar-refractivity contribution < 1.29 is 9.47 Å². The molecule has 0 aliphatic carbocycles. The Morgan fingerprint density at radius 1 is 1.77 bits per heavy atom. The van der Waals surface area contributed by atoms with E-state index in [1.807, 2.05) is 19.9 Å². The van der Waals surface area contributed by atoms with Crippen LogP contribution >= 0.6 is 9.39 Å². The molecule has 4 heteroatoms. The Kier molecular flexibility index (Phi) is 4.71. The van der Waals surface area contributed by atoms with Crippen LogP contribution in [-0.4, -0.2) is 37.1 Å². The molecule has 2 unspecified atom stereocenters. The minimum absolute atomic E-state index is 0.108. The van der Waals surface area contributed by atoms with E-state index in [4.69, 9.17) is 9.47 Å². The minimum atomic E-state index is 0.108. The normalized spacial score (nSPS) is 26.1. The van der Waals surface area contributed by atoms with Gasteiger partial charge in [-0.3, -0.25) is 4.67 Å². The summed E-state index contributed by atoms with van der Waals surface area (Å²) in [5.74, 6) is 0.953. The van der Waals surface area contributed by atoms with Crippen molar-refractivity contribution in [1.82, 2.24) is 4.67 Å². The summed E-state index contributed by atoms with van der Waals surface area (Å²) in [7, 11) is 2.70. The number of hydrogen-bond donors (Lipinski definition) is 0. The van der Waals surface area contributed by atoms with Crippen molar-refractivity contribution in [1.29, 1.82) is 0 Å². The smallest absolute Gasteiger partial charge is 0.127 e. The van der Waals surface area contributed by atoms with Crippen LogP contribution in [-0.2, 0) is 9.47 Å². The highest BCUT2D eigenvalue weighted by Crippen LogP contribution is 2.16. The second kappa shape index (κ2) is 5.58. The Labute approximate surface area is 82.3 Å². The predicted molar refractivity (Wildman–Crippen MR) is 56.4 cm³/mol. The van der Waals surface area contributed by atoms with E-state index in [1.165, 1.54) is 0 Å². The van der Waals surface area contributed by atoms with E-state index in [0.29, 0.717) is 6.61 Å². The number of ether oxygens (including phenoxy) is 2. The highest BCUT2D eigenvalue weighted by atomic mass is 31.0. The van der Waals surface area contributed by atoms with Gasteiger partial charge < -0.3 is 9.47 Å². The predicted octanol–water partition coefficient (Wildman–Crippen LogP) is 1.42. The van der Waals surface area contributed by atoms with Crippen LogP contribution in [0.4, 0.5) is 0 Å². The highest BCUT2D eigenvalue weighted by Gasteiger charge is 2.21. The maximum Gasteiger partial charge on any atom is 0.127 e. The third-order valence-electron chi connectivity index (χ3n) is 2.01. The van der Waals surface area contributed by atoms with Crippen LogP contribution in [0.25, 0.3) is 0 Å². The number of hydrogen-bond acceptors (Lipinski definition) is 3. The monoisotopic (exact) mass is 203 g/mol. The van der Waals surface area contributed by atoms with Crippen LogP contribution < -0.4 is 0 Å². The molecule has 1 saturated heterocycles. The van der Waals surface area contributed by atoms with Crippen molar-refractivity contribution >= 4 is 9.39 Å². The summed E-state index contributed by atoms with van der Waals surface area (Å²) in [5, 5.41) is 0. The van der Waals surface area contributed by atoms with Crippen molar-refractivity contribution in [2.45, 2.75) is 20.0 Å². The second-order valence-electron chi connectivity index (χ2n) is 2.98. The molecule has 0 aromatic heterocycles. The summed E-state index contributed by atoms with van der Waals surface area (Å²) in [6, 6.07) is 0. The molecule has 0 radical (unpaired) electrons. The minimum Gasteiger partial charge on any atom is -0.496 e. The molecule has 0 N–H and O–H groups in total. The Morgan fingerprint density at radius 3 is 3.08 bits per heavy atom. The fourth-order valence-electron chi connectivity index (χ4n) is 1.37. The van der Waals surface area contributed by atoms with Gasteiger partial charge in [-0.1, -0.05) is 9.39 Å². The molecule has 0 spiro atoms. The molecular weight excluding hydrogens is 185 g/mol. The molecule has 0 aromatic carbocycles. The SMILES string of the molecule is C/C=C(\OCC)C1CN(P)CCO1. The summed E-state index contributed by atoms with van der Waals surface area (Å²) >= 11 is 0. The van der Waals surface area contributed by atoms with Crippen LogP contribution in [0.15, 0.2) is 11.8 Å². The lowest BCUT2D eigenvalue weighted by atomic mass is 10.2. The third kappa shape index (κ3) is 3.26. The third-order valence-corrected chi connectivity index (χ3v) is 2.48. The van der Waals surface area contributed by atoms with Crippen LogP contribution in [0.3, 0.4) is 0 Å². The standard InChI is InChI=1S/C9H18NO2P/c1-3-8(11-4-2)9-7-10(13)5-6-12-9/h3,9H,4-7,13H2,1-2H3/b8-3-. The van der Waals surface area contributed by atoms with Gasteiger partial charge in [0.1, 0.15) is 11.9 Å². The van der Waals surface area contributed by atoms with E-state index in [9.17, 15) is 0 Å². The van der Waals surface area contributed by atoms with Gasteiger partial charge in [-0.15, -0.1) is 0 Å². The Morgan fingerprint density at radius 2 is 2.54 bits per heavy atom. The van der Waals surface area contributed by atoms with Crippen LogP contribution in [0.2, 0.25) is 0 Å². The van der Waals surface area contributed by atoms with E-state index in [1.54, 1.807) is 0 Å². The van der Waals surface area contributed by atoms with E-state index in [0.717, 1.165) is 25.5 Å². The summed E-state index contributed by atoms with van der Waals surface area (Å²) < 4.78 is 13.3. The summed E-state index contributed by atoms with van der Waals surface area (Å²) in [5.41, 5.74) is 0. The van der Waals surface area contributed by atoms with Gasteiger partial charge in [-0.25, -0.2) is 0 Å². The zero-order valence-corrected chi connectivity index (χ0v) is 9.48. The molecule has 1 heterocycles. The summed E-state index contributed by atoms with van der Waals surface area (Å²) in [6.45, 7) is 7.32. The van der Waals surface area contributed by atoms with E-state index in [2.05, 4.69) is 14.1 Å². The number of nitrogens with zero attached hydrogens (tertiary/aromatic N) is 1. The maximum absolute atomic E-state index is 5.61. The Balaban J connectivity index is 2.48. The van der Waals surface area contributed by atoms with Crippen LogP contribution in [0, 0.1) is 0 Å². The molecule has 1 aliphatic rings. The molecule has 76 valence electrons. The van der Waals surface area contributed by atoms with Gasteiger partial charge in [0.15, 0.2) is 0 Å². The zero-order chi connectivity index (χ0) is 9.68. The molecule has 1 fully saturated rings. The van der Waals surface area contributed by atoms with Crippen LogP contribution in [0.5, 0.6) is 0 Å². The number of morpholine rings is 1. The van der Waals surface area contributed by atoms with Gasteiger partial charge in [0, 0.05) is 13.1 Å². The van der Waals surface area contributed by atoms with E-state index in [-0.39, 0.29) is 6.10 Å². The first-order chi connectivity index (χ1) is 6.27. The van der Waals surface area contributed by atoms with Crippen LogP contribution in [0.1, 0.15) is 13.8 Å². The van der Waals surface area contributed by atoms with Crippen molar-refractivity contribution in [3.05, 3.63) is 11.8 Å². The molecule has 3 nitrogen and oxygen atoms in total. The van der Waals surface area contributed by atoms with Gasteiger partial charge in [0.25, 0.3) is 0 Å². The topological polar surface area (TPSA) is 21.7 Å². The molecule has 2 atom stereocenters. The lowest BCUT2D eigenvalue weighted by Gasteiger charge is -2.30. The average Bonchev–Trinajstić information content (AvgIpc) is 2.14. The van der Waals surface area contributed by atoms with Crippen molar-refractivity contribution in [2.75, 3.05) is 26.3 Å². The molecule has 1 aliphatic heterocycles. The lowest BCUT2D eigenvalue weighted by molar-refractivity contribution is -0.0107. The lowest BCUT2D eigenvalue weighted by Crippen LogP contribution is -2.38. The molecule has 0 amide bonds. The first-order valence-electron chi connectivity index (χ1n) is 4.68. The summed E-state index contributed by atoms with van der Waals surface area (Å²) in [6.07, 6.45) is 2.09. The van der Waals surface area contributed by atoms with Crippen molar-refractivity contribution in [3.8, 4) is 0 Å². The van der Waals surface area contributed by atoms with Crippen molar-refractivity contribution in [3.63, 3.8) is 0 Å². The molecule has 0 bridgehead atoms.